The van der Waals surface area contributed by atoms with E-state index >= 15 is 0 Å². The van der Waals surface area contributed by atoms with Crippen LogP contribution in [-0.2, 0) is 6.42 Å². The summed E-state index contributed by atoms with van der Waals surface area (Å²) in [6.07, 6.45) is 7.62. The number of hydrogen-bond acceptors (Lipinski definition) is 2. The number of hydrogen-bond donors (Lipinski definition) is 0. The van der Waals surface area contributed by atoms with Crippen molar-refractivity contribution in [2.24, 2.45) is 4.99 Å². The Balaban J connectivity index is 2.01. The first kappa shape index (κ1) is 16.1. The molecule has 0 atom stereocenters. The van der Waals surface area contributed by atoms with Gasteiger partial charge >= 0.3 is 0 Å². The summed E-state index contributed by atoms with van der Waals surface area (Å²) in [5, 5.41) is 1.43. The molecule has 0 saturated heterocycles. The molecule has 4 heteroatoms. The Labute approximate surface area is 134 Å². The monoisotopic (exact) mass is 321 g/mol. The topological polar surface area (TPSA) is 12.4 Å². The van der Waals surface area contributed by atoms with Gasteiger partial charge in [0.25, 0.3) is 0 Å². The molecule has 0 bridgehead atoms. The van der Waals surface area contributed by atoms with E-state index in [-0.39, 0.29) is 6.67 Å². The van der Waals surface area contributed by atoms with Gasteiger partial charge in [0, 0.05) is 11.3 Å². The summed E-state index contributed by atoms with van der Waals surface area (Å²) in [6.45, 7) is 3.33. The molecule has 1 aliphatic rings. The van der Waals surface area contributed by atoms with Gasteiger partial charge < -0.3 is 0 Å². The largest absolute Gasteiger partial charge is 0.251 e. The van der Waals surface area contributed by atoms with Crippen LogP contribution in [0.5, 0.6) is 0 Å². The van der Waals surface area contributed by atoms with Crippen molar-refractivity contribution in [1.82, 2.24) is 0 Å². The van der Waals surface area contributed by atoms with Crippen LogP contribution >= 0.6 is 23.4 Å². The molecule has 0 radical (unpaired) electrons. The Hall–Kier alpha value is -1.32. The molecular weight excluding hydrogens is 305 g/mol. The zero-order valence-electron chi connectivity index (χ0n) is 11.7. The van der Waals surface area contributed by atoms with Crippen molar-refractivity contribution in [3.05, 3.63) is 65.4 Å². The average Bonchev–Trinajstić information content (AvgIpc) is 2.94. The summed E-state index contributed by atoms with van der Waals surface area (Å²) in [5.41, 5.74) is 2.34. The van der Waals surface area contributed by atoms with E-state index in [0.717, 1.165) is 23.4 Å². The van der Waals surface area contributed by atoms with Gasteiger partial charge in [-0.3, -0.25) is 4.39 Å². The second-order valence-electron chi connectivity index (χ2n) is 4.59. The Morgan fingerprint density at radius 3 is 2.81 bits per heavy atom. The molecule has 0 aromatic heterocycles. The molecule has 0 N–H and O–H groups in total. The van der Waals surface area contributed by atoms with E-state index in [1.165, 1.54) is 10.5 Å². The lowest BCUT2D eigenvalue weighted by Gasteiger charge is -2.04. The summed E-state index contributed by atoms with van der Waals surface area (Å²) in [7, 11) is 0. The van der Waals surface area contributed by atoms with Crippen molar-refractivity contribution in [3.63, 3.8) is 0 Å². The number of nitrogens with zero attached hydrogens (tertiary/aromatic N) is 1. The van der Waals surface area contributed by atoms with Crippen LogP contribution in [0.4, 0.5) is 4.39 Å². The molecular formula is C17H17ClFNS. The third-order valence-electron chi connectivity index (χ3n) is 3.01. The first-order valence-electron chi connectivity index (χ1n) is 6.82. The van der Waals surface area contributed by atoms with E-state index in [9.17, 15) is 4.39 Å². The van der Waals surface area contributed by atoms with Gasteiger partial charge in [-0.05, 0) is 30.0 Å². The molecule has 1 aromatic rings. The van der Waals surface area contributed by atoms with E-state index in [2.05, 4.69) is 41.9 Å². The Kier molecular flexibility index (Phi) is 6.27. The minimum Gasteiger partial charge on any atom is -0.251 e. The SMILES string of the molecule is C=C/C=C(Cl)\N=C1/CC=C(c2ccc(CCCF)cc2)S1. The molecule has 21 heavy (non-hydrogen) atoms. The summed E-state index contributed by atoms with van der Waals surface area (Å²) < 4.78 is 12.2. The van der Waals surface area contributed by atoms with Crippen LogP contribution in [0.2, 0.25) is 0 Å². The van der Waals surface area contributed by atoms with E-state index in [1.54, 1.807) is 23.9 Å². The Morgan fingerprint density at radius 1 is 1.38 bits per heavy atom. The third-order valence-corrected chi connectivity index (χ3v) is 4.34. The fourth-order valence-electron chi connectivity index (χ4n) is 2.00. The van der Waals surface area contributed by atoms with Gasteiger partial charge in [-0.15, -0.1) is 0 Å². The highest BCUT2D eigenvalue weighted by Gasteiger charge is 2.14. The van der Waals surface area contributed by atoms with Crippen LogP contribution in [-0.4, -0.2) is 11.7 Å². The molecule has 110 valence electrons. The van der Waals surface area contributed by atoms with Crippen molar-refractivity contribution < 1.29 is 4.39 Å². The third kappa shape index (κ3) is 4.87. The zero-order chi connectivity index (χ0) is 15.1. The van der Waals surface area contributed by atoms with Crippen LogP contribution in [0.3, 0.4) is 0 Å². The average molecular weight is 322 g/mol. The molecule has 0 amide bonds. The molecule has 0 spiro atoms. The number of allylic oxidation sites excluding steroid dienone is 3. The molecule has 1 aliphatic heterocycles. The summed E-state index contributed by atoms with van der Waals surface area (Å²) in [6, 6.07) is 8.28. The lowest BCUT2D eigenvalue weighted by atomic mass is 10.1. The number of thioether (sulfide) groups is 1. The first-order chi connectivity index (χ1) is 10.2. The first-order valence-corrected chi connectivity index (χ1v) is 8.01. The van der Waals surface area contributed by atoms with Gasteiger partial charge in [-0.1, -0.05) is 66.4 Å². The maximum absolute atomic E-state index is 12.2. The number of aliphatic imine (C=N–C) groups is 1. The molecule has 0 unspecified atom stereocenters. The van der Waals surface area contributed by atoms with Gasteiger partial charge in [0.2, 0.25) is 0 Å². The number of halogens is 2. The van der Waals surface area contributed by atoms with Crippen molar-refractivity contribution >= 4 is 33.3 Å². The van der Waals surface area contributed by atoms with Gasteiger partial charge in [0.1, 0.15) is 5.16 Å². The van der Waals surface area contributed by atoms with Crippen molar-refractivity contribution in [3.8, 4) is 0 Å². The van der Waals surface area contributed by atoms with Crippen LogP contribution < -0.4 is 0 Å². The summed E-state index contributed by atoms with van der Waals surface area (Å²) >= 11 is 7.59. The van der Waals surface area contributed by atoms with E-state index in [1.807, 2.05) is 0 Å². The predicted octanol–water partition coefficient (Wildman–Crippen LogP) is 5.73. The Morgan fingerprint density at radius 2 is 2.14 bits per heavy atom. The molecule has 0 aliphatic carbocycles. The lowest BCUT2D eigenvalue weighted by Crippen LogP contribution is -1.88. The normalized spacial score (nSPS) is 17.1. The van der Waals surface area contributed by atoms with Crippen molar-refractivity contribution in [1.29, 1.82) is 0 Å². The predicted molar refractivity (Wildman–Crippen MR) is 92.5 cm³/mol. The zero-order valence-corrected chi connectivity index (χ0v) is 13.3. The van der Waals surface area contributed by atoms with Gasteiger partial charge in [0.05, 0.1) is 11.7 Å². The maximum Gasteiger partial charge on any atom is 0.129 e. The molecule has 1 nitrogen and oxygen atoms in total. The molecule has 0 fully saturated rings. The molecule has 2 rings (SSSR count). The quantitative estimate of drug-likeness (QED) is 0.481. The highest BCUT2D eigenvalue weighted by atomic mass is 35.5. The minimum atomic E-state index is -0.262. The van der Waals surface area contributed by atoms with E-state index in [0.29, 0.717) is 11.6 Å². The van der Waals surface area contributed by atoms with Crippen LogP contribution in [0, 0.1) is 0 Å². The number of aryl methyl sites for hydroxylation is 1. The van der Waals surface area contributed by atoms with Crippen LogP contribution in [0.1, 0.15) is 24.0 Å². The summed E-state index contributed by atoms with van der Waals surface area (Å²) in [4.78, 5) is 5.53. The number of benzene rings is 1. The smallest absolute Gasteiger partial charge is 0.129 e. The minimum absolute atomic E-state index is 0.262. The molecule has 1 heterocycles. The number of alkyl halides is 1. The van der Waals surface area contributed by atoms with Gasteiger partial charge in [-0.2, -0.15) is 0 Å². The molecule has 0 saturated carbocycles. The van der Waals surface area contributed by atoms with Gasteiger partial charge in [0.15, 0.2) is 0 Å². The highest BCUT2D eigenvalue weighted by Crippen LogP contribution is 2.36. The second-order valence-corrected chi connectivity index (χ2v) is 6.10. The number of rotatable bonds is 6. The van der Waals surface area contributed by atoms with Crippen LogP contribution in [0.25, 0.3) is 4.91 Å². The van der Waals surface area contributed by atoms with Gasteiger partial charge in [-0.25, -0.2) is 4.99 Å². The standard InChI is InChI=1S/C17H17ClFNS/c1-2-4-16(18)20-17-11-10-15(21-17)14-8-6-13(7-9-14)5-3-12-19/h2,4,6-10H,1,3,5,11-12H2/b16-4-,20-17+. The maximum atomic E-state index is 12.2. The van der Waals surface area contributed by atoms with Crippen molar-refractivity contribution in [2.45, 2.75) is 19.3 Å². The Bertz CT molecular complexity index is 587. The van der Waals surface area contributed by atoms with Crippen molar-refractivity contribution in [2.75, 3.05) is 6.67 Å². The lowest BCUT2D eigenvalue weighted by molar-refractivity contribution is 0.473. The fraction of sp³-hybridized carbons (Fsp3) is 0.235. The van der Waals surface area contributed by atoms with Crippen LogP contribution in [0.15, 0.2) is 59.2 Å². The summed E-state index contributed by atoms with van der Waals surface area (Å²) in [5.74, 6) is 0. The van der Waals surface area contributed by atoms with E-state index < -0.39 is 0 Å². The second kappa shape index (κ2) is 8.20. The highest BCUT2D eigenvalue weighted by molar-refractivity contribution is 8.22. The van der Waals surface area contributed by atoms with E-state index in [4.69, 9.17) is 11.6 Å². The molecule has 1 aromatic carbocycles. The fourth-order valence-corrected chi connectivity index (χ4v) is 3.22.